The average Bonchev–Trinajstić information content (AvgIpc) is 1.61. The van der Waals surface area contributed by atoms with E-state index in [0.717, 1.165) is 57.4 Å². The number of carbonyl (C=O) groups excluding carboxylic acids is 5. The predicted molar refractivity (Wildman–Crippen MR) is 350 cm³/mol. The minimum Gasteiger partial charge on any atom is -0.493 e. The molecule has 0 bridgehead atoms. The van der Waals surface area contributed by atoms with Gasteiger partial charge in [-0.15, -0.1) is 0 Å². The maximum absolute atomic E-state index is 13.9. The van der Waals surface area contributed by atoms with Gasteiger partial charge in [0.2, 0.25) is 0 Å². The Morgan fingerprint density at radius 2 is 0.926 bits per heavy atom. The fraction of sp³-hybridized carbons (Fsp3) is 0.300. The molecule has 4 heterocycles. The third kappa shape index (κ3) is 17.5. The van der Waals surface area contributed by atoms with Crippen LogP contribution in [0.2, 0.25) is 0 Å². The molecule has 4 aliphatic rings. The van der Waals surface area contributed by atoms with Gasteiger partial charge in [0.25, 0.3) is 21.9 Å². The molecule has 0 saturated heterocycles. The minimum atomic E-state index is -3.50. The molecular weight excluding hydrogens is 1230 g/mol. The van der Waals surface area contributed by atoms with Crippen LogP contribution in [0.1, 0.15) is 85.1 Å². The quantitative estimate of drug-likeness (QED) is 0.0363. The molecule has 0 radical (unpaired) electrons. The second-order valence-electron chi connectivity index (χ2n) is 21.6. The van der Waals surface area contributed by atoms with Crippen molar-refractivity contribution in [2.75, 3.05) is 64.3 Å². The summed E-state index contributed by atoms with van der Waals surface area (Å²) in [6.07, 6.45) is 6.79. The summed E-state index contributed by atoms with van der Waals surface area (Å²) >= 11 is 0. The van der Waals surface area contributed by atoms with E-state index in [1.165, 1.54) is 28.4 Å². The van der Waals surface area contributed by atoms with Gasteiger partial charge >= 0.3 is 17.9 Å². The maximum Gasteiger partial charge on any atom is 0.343 e. The molecule has 2 atom stereocenters. The second kappa shape index (κ2) is 31.9. The number of carbonyl (C=O) groups is 5. The Labute approximate surface area is 545 Å². The summed E-state index contributed by atoms with van der Waals surface area (Å²) in [5.41, 5.74) is 11.1. The zero-order chi connectivity index (χ0) is 66.3. The fourth-order valence-corrected chi connectivity index (χ4v) is 10.9. The molecule has 494 valence electrons. The highest BCUT2D eigenvalue weighted by Gasteiger charge is 2.38. The van der Waals surface area contributed by atoms with Crippen molar-refractivity contribution in [2.24, 2.45) is 9.98 Å². The monoisotopic (exact) mass is 1310 g/mol. The number of hydrogen-bond donors (Lipinski definition) is 2. The topological polar surface area (TPSA) is 283 Å². The Bertz CT molecular complexity index is 4090. The molecule has 0 aromatic heterocycles. The number of benzene rings is 7. The van der Waals surface area contributed by atoms with Crippen LogP contribution in [0.25, 0.3) is 0 Å². The van der Waals surface area contributed by atoms with E-state index >= 15 is 0 Å². The highest BCUT2D eigenvalue weighted by atomic mass is 32.2. The van der Waals surface area contributed by atoms with Gasteiger partial charge in [-0.05, 0) is 130 Å². The number of para-hydroxylation sites is 2. The Kier molecular flexibility index (Phi) is 23.7. The number of esters is 3. The van der Waals surface area contributed by atoms with Crippen molar-refractivity contribution in [3.63, 3.8) is 0 Å². The number of ether oxygens (including phenoxy) is 9. The summed E-state index contributed by atoms with van der Waals surface area (Å²) in [6.45, 7) is 3.04. The van der Waals surface area contributed by atoms with Gasteiger partial charge in [-0.25, -0.2) is 14.4 Å². The number of aliphatic imine (C=N–C) groups is 2. The highest BCUT2D eigenvalue weighted by Crippen LogP contribution is 2.42. The number of hydrogen-bond acceptors (Lipinski definition) is 21. The number of methoxy groups -OCH3 is 4. The molecule has 24 heteroatoms. The zero-order valence-corrected chi connectivity index (χ0v) is 53.1. The van der Waals surface area contributed by atoms with E-state index in [9.17, 15) is 32.4 Å². The van der Waals surface area contributed by atoms with E-state index in [1.807, 2.05) is 97.9 Å². The number of aliphatic hydroxyl groups is 2. The first kappa shape index (κ1) is 69.7. The van der Waals surface area contributed by atoms with E-state index < -0.39 is 28.0 Å². The molecule has 11 rings (SSSR count). The van der Waals surface area contributed by atoms with Gasteiger partial charge in [-0.3, -0.25) is 33.6 Å². The van der Waals surface area contributed by atoms with Gasteiger partial charge in [-0.1, -0.05) is 62.9 Å². The largest absolute Gasteiger partial charge is 0.493 e. The first-order valence-corrected chi connectivity index (χ1v) is 31.2. The Balaban J connectivity index is 0.000000250. The van der Waals surface area contributed by atoms with Crippen molar-refractivity contribution in [1.29, 1.82) is 0 Å². The normalized spacial score (nSPS) is 14.4. The first-order chi connectivity index (χ1) is 44.8. The number of aryl methyl sites for hydroxylation is 2. The summed E-state index contributed by atoms with van der Waals surface area (Å²) in [4.78, 5) is 74.6. The third-order valence-electron chi connectivity index (χ3n) is 15.1. The van der Waals surface area contributed by atoms with Crippen LogP contribution in [-0.4, -0.2) is 127 Å². The lowest BCUT2D eigenvalue weighted by molar-refractivity contribution is -0.143. The smallest absolute Gasteiger partial charge is 0.343 e. The molecule has 7 aromatic carbocycles. The molecule has 2 amide bonds. The number of fused-ring (bicyclic) bond motifs is 8. The van der Waals surface area contributed by atoms with Crippen LogP contribution in [-0.2, 0) is 95.2 Å². The number of nitrogens with zero attached hydrogens (tertiary/aromatic N) is 4. The van der Waals surface area contributed by atoms with E-state index in [-0.39, 0.29) is 84.2 Å². The molecule has 2 N–H and O–H groups in total. The van der Waals surface area contributed by atoms with Crippen LogP contribution in [0.3, 0.4) is 0 Å². The second-order valence-corrected chi connectivity index (χ2v) is 23.3. The SMILES string of the molecule is C.CCc1cc(COS(C)(=O)=O)cc(OCC(=O)OC)c1.COC(=O)COc1cc(CO)cc(CO)c1.COC(=O)COc1cc(COc2cc3c(cc2C)C(=O)N2c4ccccc4C[C@H]2C=N3)cc(COc2cc3c(cc2OC)C(=O)N2c4ccccc4C[C@H]2C=N3)c1. The minimum absolute atomic E-state index is 0. The number of amides is 2. The summed E-state index contributed by atoms with van der Waals surface area (Å²) in [5, 5.41) is 18.0. The van der Waals surface area contributed by atoms with Crippen molar-refractivity contribution in [3.8, 4) is 34.5 Å². The Hall–Kier alpha value is -10.1. The van der Waals surface area contributed by atoms with Crippen LogP contribution in [0.4, 0.5) is 22.7 Å². The lowest BCUT2D eigenvalue weighted by Crippen LogP contribution is -2.37. The summed E-state index contributed by atoms with van der Waals surface area (Å²) in [7, 11) is 1.87. The van der Waals surface area contributed by atoms with E-state index in [2.05, 4.69) is 9.47 Å². The zero-order valence-electron chi connectivity index (χ0n) is 52.2. The number of rotatable bonds is 22. The fourth-order valence-electron chi connectivity index (χ4n) is 10.6. The summed E-state index contributed by atoms with van der Waals surface area (Å²) < 4.78 is 75.0. The van der Waals surface area contributed by atoms with Crippen molar-refractivity contribution < 1.29 is 89.4 Å². The Morgan fingerprint density at radius 3 is 1.37 bits per heavy atom. The van der Waals surface area contributed by atoms with Crippen molar-refractivity contribution in [3.05, 3.63) is 189 Å². The van der Waals surface area contributed by atoms with Gasteiger partial charge in [-0.2, -0.15) is 8.42 Å². The van der Waals surface area contributed by atoms with Gasteiger partial charge in [0, 0.05) is 48.8 Å². The molecule has 0 aliphatic carbocycles. The van der Waals surface area contributed by atoms with E-state index in [1.54, 1.807) is 65.6 Å². The molecule has 94 heavy (non-hydrogen) atoms. The Morgan fingerprint density at radius 1 is 0.521 bits per heavy atom. The lowest BCUT2D eigenvalue weighted by atomic mass is 10.1. The number of anilines is 2. The molecular formula is C70H74N4O19S. The van der Waals surface area contributed by atoms with E-state index in [0.29, 0.717) is 86.5 Å². The predicted octanol–water partition coefficient (Wildman–Crippen LogP) is 9.42. The van der Waals surface area contributed by atoms with Gasteiger partial charge in [0.1, 0.15) is 36.2 Å². The molecule has 0 spiro atoms. The molecule has 0 fully saturated rings. The maximum atomic E-state index is 13.9. The molecule has 4 aliphatic heterocycles. The van der Waals surface area contributed by atoms with Gasteiger partial charge in [0.05, 0.1) is 89.1 Å². The lowest BCUT2D eigenvalue weighted by Gasteiger charge is -2.22. The van der Waals surface area contributed by atoms with Crippen molar-refractivity contribution in [1.82, 2.24) is 0 Å². The number of aliphatic hydroxyl groups excluding tert-OH is 2. The van der Waals surface area contributed by atoms with Crippen LogP contribution in [0, 0.1) is 6.92 Å². The standard InChI is InChI=1S/C45H38N4O8.C13H18O6S.C11H14O5.CH4/c1-26-12-34-36(46-21-31-16-29-8-4-6-10-38(29)48(31)44(34)51)19-40(26)56-23-27-13-28(15-33(14-27)55-25-43(50)54-3)24-57-42-20-37-35(18-41(42)53-2)45(52)49-32(22-47-37)17-30-9-5-7-11-39(30)49;1-4-10-5-11(8-19-20(3,15)16)7-12(6-10)18-9-13(14)17-2;1-15-11(14)7-16-10-3-8(5-12)2-9(4-10)6-13;/h4-15,18-22,31-32H,16-17,23-25H2,1-3H3;5-7H,4,8-9H2,1-3H3;2-4,12-13H,5-7H2,1H3;1H4/t31-,32-;;;/m0.../s1. The van der Waals surface area contributed by atoms with Crippen LogP contribution < -0.4 is 38.2 Å². The van der Waals surface area contributed by atoms with Crippen molar-refractivity contribution >= 4 is 75.0 Å². The molecule has 23 nitrogen and oxygen atoms in total. The van der Waals surface area contributed by atoms with Gasteiger partial charge in [0.15, 0.2) is 31.3 Å². The first-order valence-electron chi connectivity index (χ1n) is 29.4. The molecule has 7 aromatic rings. The summed E-state index contributed by atoms with van der Waals surface area (Å²) in [6, 6.07) is 38.1. The van der Waals surface area contributed by atoms with E-state index in [4.69, 9.17) is 57.5 Å². The molecule has 0 saturated carbocycles. The third-order valence-corrected chi connectivity index (χ3v) is 15.6. The van der Waals surface area contributed by atoms with Crippen LogP contribution in [0.15, 0.2) is 137 Å². The van der Waals surface area contributed by atoms with Crippen molar-refractivity contribution in [2.45, 2.75) is 85.7 Å². The molecule has 0 unspecified atom stereocenters. The average molecular weight is 1310 g/mol. The van der Waals surface area contributed by atoms with Gasteiger partial charge < -0.3 is 52.8 Å². The van der Waals surface area contributed by atoms with Crippen LogP contribution >= 0.6 is 0 Å². The highest BCUT2D eigenvalue weighted by molar-refractivity contribution is 7.85. The van der Waals surface area contributed by atoms with Crippen LogP contribution in [0.5, 0.6) is 34.5 Å². The summed E-state index contributed by atoms with van der Waals surface area (Å²) in [5.74, 6) is 0.927.